The van der Waals surface area contributed by atoms with Crippen LogP contribution in [0.1, 0.15) is 6.92 Å². The van der Waals surface area contributed by atoms with E-state index in [4.69, 9.17) is 5.11 Å². The standard InChI is InChI=1S/C12H12N2O4/c1-9(15)13-14(10-5-3-2-4-6-10)11(16)7-8-12(17)18/h2-8H,1H3,(H,13,15)(H,17,18)/b8-7-. The number of rotatable bonds is 3. The third kappa shape index (κ3) is 4.09. The molecule has 0 heterocycles. The molecule has 0 aliphatic carbocycles. The molecule has 0 aliphatic rings. The summed E-state index contributed by atoms with van der Waals surface area (Å²) in [6, 6.07) is 8.37. The normalized spacial score (nSPS) is 10.1. The summed E-state index contributed by atoms with van der Waals surface area (Å²) in [4.78, 5) is 33.1. The number of hydrogen-bond acceptors (Lipinski definition) is 3. The fourth-order valence-corrected chi connectivity index (χ4v) is 1.20. The average Bonchev–Trinajstić information content (AvgIpc) is 2.34. The van der Waals surface area contributed by atoms with Gasteiger partial charge in [-0.2, -0.15) is 0 Å². The Morgan fingerprint density at radius 3 is 2.28 bits per heavy atom. The van der Waals surface area contributed by atoms with Crippen LogP contribution in [0.2, 0.25) is 0 Å². The zero-order chi connectivity index (χ0) is 13.5. The van der Waals surface area contributed by atoms with Gasteiger partial charge in [0, 0.05) is 19.1 Å². The molecule has 2 N–H and O–H groups in total. The van der Waals surface area contributed by atoms with Crippen molar-refractivity contribution in [1.82, 2.24) is 5.43 Å². The molecule has 94 valence electrons. The van der Waals surface area contributed by atoms with Crippen molar-refractivity contribution in [2.45, 2.75) is 6.92 Å². The molecule has 0 saturated heterocycles. The molecule has 1 rings (SSSR count). The Kier molecular flexibility index (Phi) is 4.62. The Hall–Kier alpha value is -2.63. The number of benzene rings is 1. The number of nitrogens with zero attached hydrogens (tertiary/aromatic N) is 1. The van der Waals surface area contributed by atoms with E-state index in [9.17, 15) is 14.4 Å². The van der Waals surface area contributed by atoms with Crippen molar-refractivity contribution in [1.29, 1.82) is 0 Å². The quantitative estimate of drug-likeness (QED) is 0.609. The molecule has 0 aliphatic heterocycles. The van der Waals surface area contributed by atoms with E-state index >= 15 is 0 Å². The van der Waals surface area contributed by atoms with Gasteiger partial charge in [0.2, 0.25) is 5.91 Å². The van der Waals surface area contributed by atoms with E-state index in [1.54, 1.807) is 30.3 Å². The Balaban J connectivity index is 2.95. The zero-order valence-electron chi connectivity index (χ0n) is 9.66. The minimum atomic E-state index is -1.24. The van der Waals surface area contributed by atoms with Gasteiger partial charge < -0.3 is 5.11 Å². The second-order valence-electron chi connectivity index (χ2n) is 3.35. The van der Waals surface area contributed by atoms with Gasteiger partial charge in [0.1, 0.15) is 0 Å². The molecular formula is C12H12N2O4. The van der Waals surface area contributed by atoms with Gasteiger partial charge in [-0.1, -0.05) is 18.2 Å². The highest BCUT2D eigenvalue weighted by Gasteiger charge is 2.14. The monoisotopic (exact) mass is 248 g/mol. The summed E-state index contributed by atoms with van der Waals surface area (Å²) in [5, 5.41) is 9.43. The number of carbonyl (C=O) groups excluding carboxylic acids is 2. The van der Waals surface area contributed by atoms with Crippen LogP contribution in [0.15, 0.2) is 42.5 Å². The first-order valence-electron chi connectivity index (χ1n) is 5.08. The van der Waals surface area contributed by atoms with Crippen LogP contribution in [0.4, 0.5) is 5.69 Å². The average molecular weight is 248 g/mol. The maximum atomic E-state index is 11.7. The number of aliphatic carboxylic acids is 1. The highest BCUT2D eigenvalue weighted by Crippen LogP contribution is 2.11. The summed E-state index contributed by atoms with van der Waals surface area (Å²) in [6.07, 6.45) is 1.57. The molecule has 0 aromatic heterocycles. The number of anilines is 1. The van der Waals surface area contributed by atoms with Crippen LogP contribution in [0, 0.1) is 0 Å². The minimum Gasteiger partial charge on any atom is -0.478 e. The van der Waals surface area contributed by atoms with E-state index in [0.29, 0.717) is 11.8 Å². The van der Waals surface area contributed by atoms with Crippen LogP contribution in [0.5, 0.6) is 0 Å². The second-order valence-corrected chi connectivity index (χ2v) is 3.35. The van der Waals surface area contributed by atoms with Crippen LogP contribution in [-0.4, -0.2) is 22.9 Å². The fraction of sp³-hybridized carbons (Fsp3) is 0.0833. The van der Waals surface area contributed by atoms with Crippen molar-refractivity contribution in [3.8, 4) is 0 Å². The minimum absolute atomic E-state index is 0.434. The Morgan fingerprint density at radius 1 is 1.17 bits per heavy atom. The molecule has 0 fully saturated rings. The lowest BCUT2D eigenvalue weighted by Gasteiger charge is -2.20. The van der Waals surface area contributed by atoms with Crippen molar-refractivity contribution in [3.05, 3.63) is 42.5 Å². The van der Waals surface area contributed by atoms with E-state index < -0.39 is 17.8 Å². The SMILES string of the molecule is CC(=O)NN(C(=O)/C=C\C(=O)O)c1ccccc1. The van der Waals surface area contributed by atoms with E-state index in [1.165, 1.54) is 6.92 Å². The number of carbonyl (C=O) groups is 3. The van der Waals surface area contributed by atoms with Crippen LogP contribution < -0.4 is 10.4 Å². The summed E-state index contributed by atoms with van der Waals surface area (Å²) in [5.41, 5.74) is 2.76. The van der Waals surface area contributed by atoms with Gasteiger partial charge in [0.05, 0.1) is 5.69 Å². The molecule has 2 amide bonds. The Labute approximate surface area is 103 Å². The lowest BCUT2D eigenvalue weighted by atomic mass is 10.3. The summed E-state index contributed by atoms with van der Waals surface area (Å²) in [7, 11) is 0. The highest BCUT2D eigenvalue weighted by atomic mass is 16.4. The molecule has 18 heavy (non-hydrogen) atoms. The number of para-hydroxylation sites is 1. The van der Waals surface area contributed by atoms with Crippen LogP contribution in [-0.2, 0) is 14.4 Å². The first-order chi connectivity index (χ1) is 8.50. The first-order valence-corrected chi connectivity index (χ1v) is 5.08. The second kappa shape index (κ2) is 6.19. The predicted molar refractivity (Wildman–Crippen MR) is 64.5 cm³/mol. The van der Waals surface area contributed by atoms with Gasteiger partial charge >= 0.3 is 5.97 Å². The molecule has 0 atom stereocenters. The smallest absolute Gasteiger partial charge is 0.328 e. The van der Waals surface area contributed by atoms with Gasteiger partial charge in [0.15, 0.2) is 0 Å². The lowest BCUT2D eigenvalue weighted by molar-refractivity contribution is -0.131. The number of hydrogen-bond donors (Lipinski definition) is 2. The van der Waals surface area contributed by atoms with Crippen molar-refractivity contribution in [2.24, 2.45) is 0 Å². The predicted octanol–water partition coefficient (Wildman–Crippen LogP) is 0.711. The van der Waals surface area contributed by atoms with E-state index in [0.717, 1.165) is 11.1 Å². The largest absolute Gasteiger partial charge is 0.478 e. The lowest BCUT2D eigenvalue weighted by Crippen LogP contribution is -2.44. The van der Waals surface area contributed by atoms with Gasteiger partial charge in [-0.05, 0) is 12.1 Å². The Morgan fingerprint density at radius 2 is 1.78 bits per heavy atom. The third-order valence-corrected chi connectivity index (χ3v) is 1.87. The summed E-state index contributed by atoms with van der Waals surface area (Å²) in [6.45, 7) is 1.25. The summed E-state index contributed by atoms with van der Waals surface area (Å²) in [5.74, 6) is -2.33. The van der Waals surface area contributed by atoms with Gasteiger partial charge in [-0.3, -0.25) is 15.0 Å². The molecule has 0 radical (unpaired) electrons. The number of hydrazine groups is 1. The third-order valence-electron chi connectivity index (χ3n) is 1.87. The van der Waals surface area contributed by atoms with E-state index in [1.807, 2.05) is 0 Å². The molecule has 1 aromatic rings. The van der Waals surface area contributed by atoms with Gasteiger partial charge in [-0.25, -0.2) is 9.80 Å². The highest BCUT2D eigenvalue weighted by molar-refractivity contribution is 6.05. The molecular weight excluding hydrogens is 236 g/mol. The fourth-order valence-electron chi connectivity index (χ4n) is 1.20. The number of amides is 2. The van der Waals surface area contributed by atoms with Crippen molar-refractivity contribution < 1.29 is 19.5 Å². The van der Waals surface area contributed by atoms with Crippen molar-refractivity contribution in [2.75, 3.05) is 5.01 Å². The molecule has 0 bridgehead atoms. The molecule has 6 heteroatoms. The van der Waals surface area contributed by atoms with Crippen molar-refractivity contribution in [3.63, 3.8) is 0 Å². The molecule has 0 spiro atoms. The zero-order valence-corrected chi connectivity index (χ0v) is 9.66. The van der Waals surface area contributed by atoms with Crippen LogP contribution in [0.3, 0.4) is 0 Å². The number of nitrogens with one attached hydrogen (secondary N) is 1. The number of carboxylic acid groups (broad SMARTS) is 1. The van der Waals surface area contributed by atoms with Crippen LogP contribution in [0.25, 0.3) is 0 Å². The Bertz CT molecular complexity index is 482. The van der Waals surface area contributed by atoms with Gasteiger partial charge in [0.25, 0.3) is 5.91 Å². The van der Waals surface area contributed by atoms with Crippen LogP contribution >= 0.6 is 0 Å². The van der Waals surface area contributed by atoms with E-state index in [-0.39, 0.29) is 0 Å². The van der Waals surface area contributed by atoms with Gasteiger partial charge in [-0.15, -0.1) is 0 Å². The van der Waals surface area contributed by atoms with E-state index in [2.05, 4.69) is 5.43 Å². The molecule has 0 unspecified atom stereocenters. The molecule has 6 nitrogen and oxygen atoms in total. The number of carboxylic acids is 1. The maximum Gasteiger partial charge on any atom is 0.328 e. The maximum absolute atomic E-state index is 11.7. The molecule has 0 saturated carbocycles. The summed E-state index contributed by atoms with van der Waals surface area (Å²) >= 11 is 0. The van der Waals surface area contributed by atoms with Crippen molar-refractivity contribution >= 4 is 23.5 Å². The topological polar surface area (TPSA) is 86.7 Å². The molecule has 1 aromatic carbocycles. The first kappa shape index (κ1) is 13.4. The summed E-state index contributed by atoms with van der Waals surface area (Å²) < 4.78 is 0.